The summed E-state index contributed by atoms with van der Waals surface area (Å²) >= 11 is 0. The molecule has 1 saturated heterocycles. The van der Waals surface area contributed by atoms with E-state index >= 15 is 0 Å². The number of hydrogen-bond donors (Lipinski definition) is 1. The summed E-state index contributed by atoms with van der Waals surface area (Å²) in [6.07, 6.45) is 3.32. The van der Waals surface area contributed by atoms with Crippen molar-refractivity contribution in [2.24, 2.45) is 11.7 Å². The highest BCUT2D eigenvalue weighted by Gasteiger charge is 2.30. The largest absolute Gasteiger partial charge is 0.454 e. The van der Waals surface area contributed by atoms with Gasteiger partial charge in [0.2, 0.25) is 6.79 Å². The fraction of sp³-hybridized carbons (Fsp3) is 0.625. The second-order valence-corrected chi connectivity index (χ2v) is 6.39. The van der Waals surface area contributed by atoms with Gasteiger partial charge < -0.3 is 15.2 Å². The van der Waals surface area contributed by atoms with Crippen molar-refractivity contribution in [3.8, 4) is 11.5 Å². The van der Waals surface area contributed by atoms with Crippen molar-refractivity contribution >= 4 is 0 Å². The van der Waals surface area contributed by atoms with E-state index < -0.39 is 0 Å². The van der Waals surface area contributed by atoms with Crippen LogP contribution in [-0.2, 0) is 6.42 Å². The van der Waals surface area contributed by atoms with E-state index in [0.29, 0.717) is 6.79 Å². The van der Waals surface area contributed by atoms with Crippen molar-refractivity contribution in [2.75, 3.05) is 19.9 Å². The number of nitrogens with zero attached hydrogens (tertiary/aromatic N) is 1. The molecule has 2 heterocycles. The molecule has 2 N–H and O–H groups in total. The number of rotatable bonds is 3. The predicted octanol–water partition coefficient (Wildman–Crippen LogP) is 2.36. The molecule has 1 atom stereocenters. The molecule has 1 fully saturated rings. The maximum Gasteiger partial charge on any atom is 0.231 e. The number of likely N-dealkylation sites (tertiary alicyclic amines) is 1. The second-order valence-electron chi connectivity index (χ2n) is 6.39. The maximum absolute atomic E-state index is 6.57. The summed E-state index contributed by atoms with van der Waals surface area (Å²) in [6.45, 7) is 6.97. The third kappa shape index (κ3) is 2.76. The van der Waals surface area contributed by atoms with Gasteiger partial charge in [0.25, 0.3) is 0 Å². The Labute approximate surface area is 120 Å². The first-order valence-electron chi connectivity index (χ1n) is 7.47. The summed E-state index contributed by atoms with van der Waals surface area (Å²) in [5.41, 5.74) is 7.48. The second kappa shape index (κ2) is 5.26. The van der Waals surface area contributed by atoms with Crippen molar-refractivity contribution in [3.63, 3.8) is 0 Å². The summed E-state index contributed by atoms with van der Waals surface area (Å²) in [6, 6.07) is 6.12. The molecule has 4 nitrogen and oxygen atoms in total. The van der Waals surface area contributed by atoms with E-state index in [4.69, 9.17) is 15.2 Å². The van der Waals surface area contributed by atoms with Crippen LogP contribution < -0.4 is 15.2 Å². The normalized spacial score (nSPS) is 22.8. The smallest absolute Gasteiger partial charge is 0.231 e. The highest BCUT2D eigenvalue weighted by molar-refractivity contribution is 5.44. The molecule has 1 unspecified atom stereocenters. The molecule has 110 valence electrons. The van der Waals surface area contributed by atoms with Crippen molar-refractivity contribution < 1.29 is 9.47 Å². The zero-order valence-corrected chi connectivity index (χ0v) is 12.4. The Kier molecular flexibility index (Phi) is 3.61. The molecule has 2 aliphatic heterocycles. The van der Waals surface area contributed by atoms with Gasteiger partial charge in [0.15, 0.2) is 11.5 Å². The molecule has 0 bridgehead atoms. The fourth-order valence-electron chi connectivity index (χ4n) is 3.10. The van der Waals surface area contributed by atoms with Gasteiger partial charge in [-0.3, -0.25) is 4.90 Å². The standard InChI is InChI=1S/C16H24N2O2/c1-12-5-7-18(8-6-12)16(2,17)10-13-3-4-14-15(9-13)20-11-19-14/h3-4,9,12H,5-8,10-11,17H2,1-2H3. The lowest BCUT2D eigenvalue weighted by molar-refractivity contribution is 0.0694. The molecular weight excluding hydrogens is 252 g/mol. The lowest BCUT2D eigenvalue weighted by Gasteiger charge is -2.42. The van der Waals surface area contributed by atoms with Gasteiger partial charge in [-0.25, -0.2) is 0 Å². The van der Waals surface area contributed by atoms with Crippen LogP contribution >= 0.6 is 0 Å². The number of hydrogen-bond acceptors (Lipinski definition) is 4. The number of piperidine rings is 1. The van der Waals surface area contributed by atoms with Gasteiger partial charge in [0.1, 0.15) is 0 Å². The van der Waals surface area contributed by atoms with Gasteiger partial charge in [-0.15, -0.1) is 0 Å². The van der Waals surface area contributed by atoms with Gasteiger partial charge in [0.05, 0.1) is 5.66 Å². The van der Waals surface area contributed by atoms with Crippen LogP contribution in [0.4, 0.5) is 0 Å². The number of benzene rings is 1. The molecule has 2 aliphatic rings. The summed E-state index contributed by atoms with van der Waals surface area (Å²) in [7, 11) is 0. The molecule has 0 spiro atoms. The highest BCUT2D eigenvalue weighted by Crippen LogP contribution is 2.33. The van der Waals surface area contributed by atoms with E-state index in [1.807, 2.05) is 6.07 Å². The molecule has 0 radical (unpaired) electrons. The molecule has 0 aromatic heterocycles. The summed E-state index contributed by atoms with van der Waals surface area (Å²) in [5, 5.41) is 0. The minimum absolute atomic E-state index is 0.298. The molecule has 0 saturated carbocycles. The Morgan fingerprint density at radius 3 is 2.70 bits per heavy atom. The Hall–Kier alpha value is -1.26. The van der Waals surface area contributed by atoms with Crippen LogP contribution in [0.3, 0.4) is 0 Å². The van der Waals surface area contributed by atoms with E-state index in [1.165, 1.54) is 18.4 Å². The van der Waals surface area contributed by atoms with Crippen LogP contribution in [0.2, 0.25) is 0 Å². The Morgan fingerprint density at radius 2 is 1.95 bits per heavy atom. The molecule has 4 heteroatoms. The van der Waals surface area contributed by atoms with E-state index in [1.54, 1.807) is 0 Å². The summed E-state index contributed by atoms with van der Waals surface area (Å²) < 4.78 is 10.8. The quantitative estimate of drug-likeness (QED) is 0.920. The fourth-order valence-corrected chi connectivity index (χ4v) is 3.10. The zero-order chi connectivity index (χ0) is 14.2. The van der Waals surface area contributed by atoms with Gasteiger partial charge in [0, 0.05) is 19.5 Å². The molecule has 3 rings (SSSR count). The summed E-state index contributed by atoms with van der Waals surface area (Å²) in [5.74, 6) is 2.50. The van der Waals surface area contributed by atoms with Crippen LogP contribution in [0, 0.1) is 5.92 Å². The lowest BCUT2D eigenvalue weighted by atomic mass is 9.93. The Balaban J connectivity index is 1.69. The van der Waals surface area contributed by atoms with Crippen molar-refractivity contribution in [1.82, 2.24) is 4.90 Å². The first-order chi connectivity index (χ1) is 9.54. The first-order valence-corrected chi connectivity index (χ1v) is 7.47. The van der Waals surface area contributed by atoms with Crippen LogP contribution in [-0.4, -0.2) is 30.4 Å². The Bertz CT molecular complexity index is 479. The van der Waals surface area contributed by atoms with Crippen LogP contribution in [0.1, 0.15) is 32.3 Å². The maximum atomic E-state index is 6.57. The van der Waals surface area contributed by atoms with E-state index in [-0.39, 0.29) is 5.66 Å². The number of ether oxygens (including phenoxy) is 2. The van der Waals surface area contributed by atoms with Crippen LogP contribution in [0.5, 0.6) is 11.5 Å². The van der Waals surface area contributed by atoms with Crippen LogP contribution in [0.15, 0.2) is 18.2 Å². The average molecular weight is 276 g/mol. The average Bonchev–Trinajstić information content (AvgIpc) is 2.86. The van der Waals surface area contributed by atoms with Gasteiger partial charge in [-0.05, 0) is 43.4 Å². The first kappa shape index (κ1) is 13.7. The lowest BCUT2D eigenvalue weighted by Crippen LogP contribution is -2.57. The molecule has 0 amide bonds. The molecular formula is C16H24N2O2. The number of nitrogens with two attached hydrogens (primary N) is 1. The summed E-state index contributed by atoms with van der Waals surface area (Å²) in [4.78, 5) is 2.41. The van der Waals surface area contributed by atoms with Gasteiger partial charge in [-0.1, -0.05) is 13.0 Å². The van der Waals surface area contributed by atoms with Gasteiger partial charge in [-0.2, -0.15) is 0 Å². The van der Waals surface area contributed by atoms with E-state index in [9.17, 15) is 0 Å². The van der Waals surface area contributed by atoms with Gasteiger partial charge >= 0.3 is 0 Å². The van der Waals surface area contributed by atoms with Crippen LogP contribution in [0.25, 0.3) is 0 Å². The van der Waals surface area contributed by atoms with Crippen molar-refractivity contribution in [1.29, 1.82) is 0 Å². The van der Waals surface area contributed by atoms with E-state index in [0.717, 1.165) is 36.9 Å². The SMILES string of the molecule is CC1CCN(C(C)(N)Cc2ccc3c(c2)OCO3)CC1. The highest BCUT2D eigenvalue weighted by atomic mass is 16.7. The zero-order valence-electron chi connectivity index (χ0n) is 12.4. The monoisotopic (exact) mass is 276 g/mol. The minimum Gasteiger partial charge on any atom is -0.454 e. The van der Waals surface area contributed by atoms with Crippen molar-refractivity contribution in [3.05, 3.63) is 23.8 Å². The number of fused-ring (bicyclic) bond motifs is 1. The molecule has 0 aliphatic carbocycles. The van der Waals surface area contributed by atoms with E-state index in [2.05, 4.69) is 30.9 Å². The molecule has 1 aromatic carbocycles. The molecule has 1 aromatic rings. The predicted molar refractivity (Wildman–Crippen MR) is 78.8 cm³/mol. The third-order valence-electron chi connectivity index (χ3n) is 4.51. The molecule has 20 heavy (non-hydrogen) atoms. The Morgan fingerprint density at radius 1 is 1.25 bits per heavy atom. The third-order valence-corrected chi connectivity index (χ3v) is 4.51. The minimum atomic E-state index is -0.298. The van der Waals surface area contributed by atoms with Crippen molar-refractivity contribution in [2.45, 2.75) is 38.8 Å². The topological polar surface area (TPSA) is 47.7 Å².